The van der Waals surface area contributed by atoms with Crippen LogP contribution in [-0.4, -0.2) is 31.2 Å². The topological polar surface area (TPSA) is 76.7 Å². The molecule has 24 heavy (non-hydrogen) atoms. The SMILES string of the molecule is COC(=O)c1ccccc1NC(=S)NC(=O)c1ccccc1OC. The second kappa shape index (κ2) is 8.07. The van der Waals surface area contributed by atoms with Gasteiger partial charge in [-0.3, -0.25) is 10.1 Å². The number of esters is 1. The van der Waals surface area contributed by atoms with Gasteiger partial charge >= 0.3 is 5.97 Å². The number of carbonyl (C=O) groups excluding carboxylic acids is 2. The minimum Gasteiger partial charge on any atom is -0.496 e. The zero-order chi connectivity index (χ0) is 17.5. The molecule has 0 saturated heterocycles. The summed E-state index contributed by atoms with van der Waals surface area (Å²) in [6, 6.07) is 13.5. The summed E-state index contributed by atoms with van der Waals surface area (Å²) in [4.78, 5) is 24.0. The Balaban J connectivity index is 2.12. The van der Waals surface area contributed by atoms with E-state index in [1.54, 1.807) is 48.5 Å². The van der Waals surface area contributed by atoms with E-state index in [2.05, 4.69) is 10.6 Å². The molecule has 0 aliphatic heterocycles. The highest BCUT2D eigenvalue weighted by molar-refractivity contribution is 7.80. The molecule has 124 valence electrons. The monoisotopic (exact) mass is 344 g/mol. The van der Waals surface area contributed by atoms with Crippen molar-refractivity contribution in [2.24, 2.45) is 0 Å². The maximum Gasteiger partial charge on any atom is 0.339 e. The Morgan fingerprint density at radius 1 is 0.958 bits per heavy atom. The zero-order valence-corrected chi connectivity index (χ0v) is 14.0. The van der Waals surface area contributed by atoms with Crippen LogP contribution >= 0.6 is 12.2 Å². The van der Waals surface area contributed by atoms with Gasteiger partial charge in [-0.2, -0.15) is 0 Å². The molecule has 0 spiro atoms. The van der Waals surface area contributed by atoms with E-state index < -0.39 is 11.9 Å². The first-order valence-electron chi connectivity index (χ1n) is 6.99. The van der Waals surface area contributed by atoms with Crippen LogP contribution in [0.4, 0.5) is 5.69 Å². The van der Waals surface area contributed by atoms with E-state index in [-0.39, 0.29) is 5.11 Å². The fraction of sp³-hybridized carbons (Fsp3) is 0.118. The molecule has 2 aromatic rings. The summed E-state index contributed by atoms with van der Waals surface area (Å²) in [6.07, 6.45) is 0. The van der Waals surface area contributed by atoms with Crippen LogP contribution in [0.5, 0.6) is 5.75 Å². The predicted molar refractivity (Wildman–Crippen MR) is 94.5 cm³/mol. The van der Waals surface area contributed by atoms with Crippen molar-refractivity contribution in [1.82, 2.24) is 5.32 Å². The molecule has 0 fully saturated rings. The smallest absolute Gasteiger partial charge is 0.339 e. The number of nitrogens with one attached hydrogen (secondary N) is 2. The van der Waals surface area contributed by atoms with E-state index in [9.17, 15) is 9.59 Å². The van der Waals surface area contributed by atoms with Crippen LogP contribution in [0.3, 0.4) is 0 Å². The van der Waals surface area contributed by atoms with E-state index in [1.165, 1.54) is 14.2 Å². The first-order chi connectivity index (χ1) is 11.6. The highest BCUT2D eigenvalue weighted by Crippen LogP contribution is 2.18. The van der Waals surface area contributed by atoms with Crippen LogP contribution in [0.2, 0.25) is 0 Å². The van der Waals surface area contributed by atoms with Crippen molar-refractivity contribution in [1.29, 1.82) is 0 Å². The summed E-state index contributed by atoms with van der Waals surface area (Å²) in [5.41, 5.74) is 1.11. The Labute approximate surface area is 144 Å². The number of anilines is 1. The van der Waals surface area contributed by atoms with Crippen LogP contribution in [0.25, 0.3) is 0 Å². The Morgan fingerprint density at radius 2 is 1.58 bits per heavy atom. The van der Waals surface area contributed by atoms with Crippen LogP contribution in [0.1, 0.15) is 20.7 Å². The number of amides is 1. The highest BCUT2D eigenvalue weighted by atomic mass is 32.1. The minimum absolute atomic E-state index is 0.0576. The lowest BCUT2D eigenvalue weighted by Crippen LogP contribution is -2.34. The lowest BCUT2D eigenvalue weighted by Gasteiger charge is -2.13. The first-order valence-corrected chi connectivity index (χ1v) is 7.40. The number of thiocarbonyl (C=S) groups is 1. The molecule has 0 aromatic heterocycles. The second-order valence-corrected chi connectivity index (χ2v) is 5.05. The standard InChI is InChI=1S/C17H16N2O4S/c1-22-14-10-6-4-8-12(14)15(20)19-17(24)18-13-9-5-3-7-11(13)16(21)23-2/h3-10H,1-2H3,(H2,18,19,20,24). The summed E-state index contributed by atoms with van der Waals surface area (Å²) in [7, 11) is 2.77. The average molecular weight is 344 g/mol. The van der Waals surface area contributed by atoms with Gasteiger partial charge in [0, 0.05) is 0 Å². The highest BCUT2D eigenvalue weighted by Gasteiger charge is 2.15. The number of methoxy groups -OCH3 is 2. The van der Waals surface area contributed by atoms with Gasteiger partial charge in [-0.1, -0.05) is 24.3 Å². The van der Waals surface area contributed by atoms with Crippen molar-refractivity contribution in [3.63, 3.8) is 0 Å². The van der Waals surface area contributed by atoms with Crippen molar-refractivity contribution in [2.75, 3.05) is 19.5 Å². The molecule has 2 aromatic carbocycles. The molecule has 0 unspecified atom stereocenters. The van der Waals surface area contributed by atoms with E-state index in [0.29, 0.717) is 22.6 Å². The molecule has 0 heterocycles. The van der Waals surface area contributed by atoms with Crippen molar-refractivity contribution in [2.45, 2.75) is 0 Å². The largest absolute Gasteiger partial charge is 0.496 e. The maximum atomic E-state index is 12.3. The zero-order valence-electron chi connectivity index (χ0n) is 13.2. The van der Waals surface area contributed by atoms with E-state index in [1.807, 2.05) is 0 Å². The number of hydrogen-bond donors (Lipinski definition) is 2. The van der Waals surface area contributed by atoms with Crippen molar-refractivity contribution in [3.8, 4) is 5.75 Å². The average Bonchev–Trinajstić information content (AvgIpc) is 2.61. The fourth-order valence-electron chi connectivity index (χ4n) is 2.04. The molecule has 0 radical (unpaired) electrons. The molecule has 2 N–H and O–H groups in total. The van der Waals surface area contributed by atoms with Gasteiger partial charge in [0.1, 0.15) is 5.75 Å². The molecule has 1 amide bonds. The Bertz CT molecular complexity index is 777. The van der Waals surface area contributed by atoms with Crippen LogP contribution < -0.4 is 15.4 Å². The third-order valence-corrected chi connectivity index (χ3v) is 3.36. The van der Waals surface area contributed by atoms with Gasteiger partial charge in [0.25, 0.3) is 5.91 Å². The van der Waals surface area contributed by atoms with Gasteiger partial charge in [-0.05, 0) is 36.5 Å². The molecule has 2 rings (SSSR count). The Kier molecular flexibility index (Phi) is 5.86. The van der Waals surface area contributed by atoms with Crippen molar-refractivity contribution >= 4 is 34.9 Å². The van der Waals surface area contributed by atoms with Crippen molar-refractivity contribution in [3.05, 3.63) is 59.7 Å². The first kappa shape index (κ1) is 17.4. The lowest BCUT2D eigenvalue weighted by molar-refractivity contribution is 0.0602. The number of ether oxygens (including phenoxy) is 2. The van der Waals surface area contributed by atoms with Crippen LogP contribution in [0, 0.1) is 0 Å². The number of carbonyl (C=O) groups is 2. The molecule has 0 bridgehead atoms. The van der Waals surface area contributed by atoms with Gasteiger partial charge in [-0.15, -0.1) is 0 Å². The molecule has 0 atom stereocenters. The summed E-state index contributed by atoms with van der Waals surface area (Å²) in [6.45, 7) is 0. The minimum atomic E-state index is -0.503. The molecular formula is C17H16N2O4S. The van der Waals surface area contributed by atoms with E-state index in [0.717, 1.165) is 0 Å². The maximum absolute atomic E-state index is 12.3. The quantitative estimate of drug-likeness (QED) is 0.656. The summed E-state index contributed by atoms with van der Waals surface area (Å²) >= 11 is 5.14. The summed E-state index contributed by atoms with van der Waals surface area (Å²) < 4.78 is 9.86. The number of hydrogen-bond acceptors (Lipinski definition) is 5. The van der Waals surface area contributed by atoms with E-state index in [4.69, 9.17) is 21.7 Å². The van der Waals surface area contributed by atoms with Gasteiger partial charge < -0.3 is 14.8 Å². The third kappa shape index (κ3) is 4.08. The summed E-state index contributed by atoms with van der Waals surface area (Å²) in [5.74, 6) is -0.481. The molecule has 0 aliphatic carbocycles. The normalized spacial score (nSPS) is 9.75. The number of rotatable bonds is 4. The molecule has 6 nitrogen and oxygen atoms in total. The van der Waals surface area contributed by atoms with Gasteiger partial charge in [0.05, 0.1) is 31.0 Å². The molecule has 7 heteroatoms. The van der Waals surface area contributed by atoms with Crippen molar-refractivity contribution < 1.29 is 19.1 Å². The van der Waals surface area contributed by atoms with Gasteiger partial charge in [-0.25, -0.2) is 4.79 Å². The van der Waals surface area contributed by atoms with Gasteiger partial charge in [0.2, 0.25) is 0 Å². The lowest BCUT2D eigenvalue weighted by atomic mass is 10.2. The molecular weight excluding hydrogens is 328 g/mol. The summed E-state index contributed by atoms with van der Waals surface area (Å²) in [5, 5.41) is 5.43. The second-order valence-electron chi connectivity index (χ2n) is 4.65. The Hall–Kier alpha value is -2.93. The van der Waals surface area contributed by atoms with E-state index >= 15 is 0 Å². The Morgan fingerprint density at radius 3 is 2.25 bits per heavy atom. The molecule has 0 saturated carbocycles. The van der Waals surface area contributed by atoms with Crippen LogP contribution in [0.15, 0.2) is 48.5 Å². The van der Waals surface area contributed by atoms with Crippen LogP contribution in [-0.2, 0) is 4.74 Å². The third-order valence-electron chi connectivity index (χ3n) is 3.16. The number of para-hydroxylation sites is 2. The van der Waals surface area contributed by atoms with Gasteiger partial charge in [0.15, 0.2) is 5.11 Å². The fourth-order valence-corrected chi connectivity index (χ4v) is 2.24. The number of benzene rings is 2. The molecule has 0 aliphatic rings. The predicted octanol–water partition coefficient (Wildman–Crippen LogP) is 2.61.